The van der Waals surface area contributed by atoms with Crippen molar-refractivity contribution in [3.05, 3.63) is 33.1 Å². The van der Waals surface area contributed by atoms with Gasteiger partial charge in [0.1, 0.15) is 16.9 Å². The van der Waals surface area contributed by atoms with Crippen LogP contribution in [0.5, 0.6) is 0 Å². The minimum Gasteiger partial charge on any atom is -0.396 e. The quantitative estimate of drug-likeness (QED) is 0.518. The van der Waals surface area contributed by atoms with E-state index in [0.717, 1.165) is 6.20 Å². The second-order valence-electron chi connectivity index (χ2n) is 4.70. The minimum absolute atomic E-state index is 0.0440. The van der Waals surface area contributed by atoms with E-state index < -0.39 is 10.8 Å². The molecule has 1 aliphatic rings. The summed E-state index contributed by atoms with van der Waals surface area (Å²) in [6.07, 6.45) is 2.37. The third-order valence-corrected chi connectivity index (χ3v) is 3.64. The van der Waals surface area contributed by atoms with Crippen molar-refractivity contribution in [1.29, 1.82) is 0 Å². The molecule has 0 bridgehead atoms. The Bertz CT molecular complexity index is 529. The summed E-state index contributed by atoms with van der Waals surface area (Å²) in [5.74, 6) is -0.229. The summed E-state index contributed by atoms with van der Waals surface area (Å²) in [6, 6.07) is 1.22. The molecule has 0 unspecified atom stereocenters. The van der Waals surface area contributed by atoms with Crippen LogP contribution >= 0.6 is 11.6 Å². The molecule has 1 fully saturated rings. The molecular formula is C12H14ClN3O4. The van der Waals surface area contributed by atoms with E-state index in [4.69, 9.17) is 16.7 Å². The van der Waals surface area contributed by atoms with Crippen LogP contribution in [0.1, 0.15) is 23.2 Å². The van der Waals surface area contributed by atoms with Crippen molar-refractivity contribution in [2.45, 2.75) is 12.8 Å². The van der Waals surface area contributed by atoms with E-state index in [-0.39, 0.29) is 28.9 Å². The first-order valence-corrected chi connectivity index (χ1v) is 6.60. The van der Waals surface area contributed by atoms with Gasteiger partial charge in [-0.3, -0.25) is 14.9 Å². The van der Waals surface area contributed by atoms with Crippen LogP contribution in [0.15, 0.2) is 12.3 Å². The van der Waals surface area contributed by atoms with E-state index in [1.807, 2.05) is 0 Å². The van der Waals surface area contributed by atoms with Gasteiger partial charge < -0.3 is 10.0 Å². The Labute approximate surface area is 120 Å². The Morgan fingerprint density at radius 3 is 2.75 bits per heavy atom. The lowest BCUT2D eigenvalue weighted by Gasteiger charge is -2.31. The van der Waals surface area contributed by atoms with Crippen molar-refractivity contribution >= 4 is 23.2 Å². The molecule has 1 aliphatic heterocycles. The number of amides is 1. The third-order valence-electron chi connectivity index (χ3n) is 3.44. The summed E-state index contributed by atoms with van der Waals surface area (Å²) in [7, 11) is 0. The maximum Gasteiger partial charge on any atom is 0.300 e. The van der Waals surface area contributed by atoms with Crippen molar-refractivity contribution in [3.63, 3.8) is 0 Å². The second kappa shape index (κ2) is 6.15. The monoisotopic (exact) mass is 299 g/mol. The molecule has 0 atom stereocenters. The lowest BCUT2D eigenvalue weighted by Crippen LogP contribution is -2.39. The van der Waals surface area contributed by atoms with Crippen molar-refractivity contribution in [3.8, 4) is 0 Å². The number of piperidine rings is 1. The van der Waals surface area contributed by atoms with Crippen LogP contribution < -0.4 is 0 Å². The third kappa shape index (κ3) is 3.05. The van der Waals surface area contributed by atoms with Gasteiger partial charge in [0, 0.05) is 19.7 Å². The molecule has 0 spiro atoms. The predicted molar refractivity (Wildman–Crippen MR) is 71.6 cm³/mol. The van der Waals surface area contributed by atoms with Gasteiger partial charge in [-0.1, -0.05) is 11.6 Å². The maximum absolute atomic E-state index is 12.3. The number of nitro groups is 1. The van der Waals surface area contributed by atoms with E-state index in [1.165, 1.54) is 6.07 Å². The number of aliphatic hydroxyl groups is 1. The van der Waals surface area contributed by atoms with Gasteiger partial charge in [0.15, 0.2) is 0 Å². The summed E-state index contributed by atoms with van der Waals surface area (Å²) < 4.78 is 0. The van der Waals surface area contributed by atoms with Crippen molar-refractivity contribution in [2.75, 3.05) is 19.7 Å². The average molecular weight is 300 g/mol. The van der Waals surface area contributed by atoms with Crippen LogP contribution in [0.25, 0.3) is 0 Å². The summed E-state index contributed by atoms with van der Waals surface area (Å²) in [5.41, 5.74) is -0.388. The highest BCUT2D eigenvalue weighted by Crippen LogP contribution is 2.24. The summed E-state index contributed by atoms with van der Waals surface area (Å²) in [6.45, 7) is 1.05. The molecule has 7 nitrogen and oxygen atoms in total. The zero-order valence-electron chi connectivity index (χ0n) is 10.7. The molecule has 1 amide bonds. The molecule has 8 heteroatoms. The Balaban J connectivity index is 2.21. The number of hydrogen-bond acceptors (Lipinski definition) is 5. The predicted octanol–water partition coefficient (Wildman–Crippen LogP) is 1.49. The topological polar surface area (TPSA) is 96.6 Å². The molecule has 0 saturated carbocycles. The number of rotatable bonds is 3. The molecule has 1 aromatic rings. The fourth-order valence-corrected chi connectivity index (χ4v) is 2.39. The first kappa shape index (κ1) is 14.7. The normalized spacial score (nSPS) is 16.2. The number of likely N-dealkylation sites (tertiary alicyclic amines) is 1. The van der Waals surface area contributed by atoms with Crippen molar-refractivity contribution in [2.24, 2.45) is 5.92 Å². The number of nitrogens with zero attached hydrogens (tertiary/aromatic N) is 3. The van der Waals surface area contributed by atoms with Crippen LogP contribution in [0.3, 0.4) is 0 Å². The SMILES string of the molecule is O=C(c1cc(Cl)ncc1[N+](=O)[O-])N1CCC(CO)CC1. The molecule has 20 heavy (non-hydrogen) atoms. The van der Waals surface area contributed by atoms with Gasteiger partial charge in [0.2, 0.25) is 0 Å². The van der Waals surface area contributed by atoms with Gasteiger partial charge in [-0.25, -0.2) is 4.98 Å². The molecular weight excluding hydrogens is 286 g/mol. The van der Waals surface area contributed by atoms with Crippen molar-refractivity contribution in [1.82, 2.24) is 9.88 Å². The largest absolute Gasteiger partial charge is 0.396 e. The first-order valence-electron chi connectivity index (χ1n) is 6.23. The zero-order chi connectivity index (χ0) is 14.7. The molecule has 2 rings (SSSR count). The van der Waals surface area contributed by atoms with Crippen LogP contribution in [-0.4, -0.2) is 45.5 Å². The Hall–Kier alpha value is -1.73. The summed E-state index contributed by atoms with van der Waals surface area (Å²) in [5, 5.41) is 20.1. The molecule has 108 valence electrons. The van der Waals surface area contributed by atoms with E-state index in [9.17, 15) is 14.9 Å². The smallest absolute Gasteiger partial charge is 0.300 e. The highest BCUT2D eigenvalue weighted by atomic mass is 35.5. The number of aromatic nitrogens is 1. The van der Waals surface area contributed by atoms with Crippen LogP contribution in [0, 0.1) is 16.0 Å². The number of hydrogen-bond donors (Lipinski definition) is 1. The van der Waals surface area contributed by atoms with E-state index in [2.05, 4.69) is 4.98 Å². The number of carbonyl (C=O) groups is 1. The molecule has 1 saturated heterocycles. The molecule has 0 radical (unpaired) electrons. The average Bonchev–Trinajstić information content (AvgIpc) is 2.46. The van der Waals surface area contributed by atoms with Gasteiger partial charge in [-0.2, -0.15) is 0 Å². The standard InChI is InChI=1S/C12H14ClN3O4/c13-11-5-9(10(6-14-11)16(19)20)12(18)15-3-1-8(7-17)2-4-15/h5-6,8,17H,1-4,7H2. The van der Waals surface area contributed by atoms with E-state index in [1.54, 1.807) is 4.90 Å². The van der Waals surface area contributed by atoms with Crippen LogP contribution in [0.2, 0.25) is 5.15 Å². The van der Waals surface area contributed by atoms with E-state index in [0.29, 0.717) is 25.9 Å². The van der Waals surface area contributed by atoms with Gasteiger partial charge in [-0.05, 0) is 24.8 Å². The molecule has 1 N–H and O–H groups in total. The summed E-state index contributed by atoms with van der Waals surface area (Å²) >= 11 is 5.71. The fraction of sp³-hybridized carbons (Fsp3) is 0.500. The lowest BCUT2D eigenvalue weighted by molar-refractivity contribution is -0.385. The number of carbonyl (C=O) groups excluding carboxylic acids is 1. The Morgan fingerprint density at radius 1 is 1.55 bits per heavy atom. The van der Waals surface area contributed by atoms with Gasteiger partial charge >= 0.3 is 0 Å². The molecule has 2 heterocycles. The molecule has 0 aliphatic carbocycles. The highest BCUT2D eigenvalue weighted by molar-refractivity contribution is 6.29. The molecule has 0 aromatic carbocycles. The minimum atomic E-state index is -0.642. The van der Waals surface area contributed by atoms with Crippen molar-refractivity contribution < 1.29 is 14.8 Å². The maximum atomic E-state index is 12.3. The Morgan fingerprint density at radius 2 is 2.20 bits per heavy atom. The lowest BCUT2D eigenvalue weighted by atomic mass is 9.97. The first-order chi connectivity index (χ1) is 9.52. The molecule has 1 aromatic heterocycles. The van der Waals surface area contributed by atoms with Gasteiger partial charge in [0.05, 0.1) is 4.92 Å². The fourth-order valence-electron chi connectivity index (χ4n) is 2.23. The van der Waals surface area contributed by atoms with Crippen LogP contribution in [0.4, 0.5) is 5.69 Å². The second-order valence-corrected chi connectivity index (χ2v) is 5.09. The van der Waals surface area contributed by atoms with Gasteiger partial charge in [0.25, 0.3) is 11.6 Å². The number of aliphatic hydroxyl groups excluding tert-OH is 1. The zero-order valence-corrected chi connectivity index (χ0v) is 11.4. The van der Waals surface area contributed by atoms with Gasteiger partial charge in [-0.15, -0.1) is 0 Å². The Kier molecular flexibility index (Phi) is 4.51. The highest BCUT2D eigenvalue weighted by Gasteiger charge is 2.28. The van der Waals surface area contributed by atoms with E-state index >= 15 is 0 Å². The number of halogens is 1. The number of pyridine rings is 1. The van der Waals surface area contributed by atoms with Crippen LogP contribution in [-0.2, 0) is 0 Å². The summed E-state index contributed by atoms with van der Waals surface area (Å²) in [4.78, 5) is 27.8.